The summed E-state index contributed by atoms with van der Waals surface area (Å²) in [6.45, 7) is 0. The minimum absolute atomic E-state index is 0.308. The number of hydrogen-bond donors (Lipinski definition) is 0. The van der Waals surface area contributed by atoms with Crippen molar-refractivity contribution in [2.75, 3.05) is 0 Å². The standard InChI is InChI=1S/C23H12BrCl2N3O2/c24-15-11-13(10-14(12-15)22-27-8-9-31-22)20-16-4-1-2-5-17(16)23(30)29(28-20)21-18(25)6-3-7-19(21)26/h1-12H. The molecule has 0 amide bonds. The van der Waals surface area contributed by atoms with Gasteiger partial charge in [0.2, 0.25) is 5.89 Å². The highest BCUT2D eigenvalue weighted by molar-refractivity contribution is 9.10. The number of nitrogens with zero attached hydrogens (tertiary/aromatic N) is 3. The molecule has 0 aliphatic carbocycles. The SMILES string of the molecule is O=c1c2ccccc2c(-c2cc(Br)cc(-c3ncco3)c2)nn1-c1c(Cl)cccc1Cl. The van der Waals surface area contributed by atoms with E-state index in [0.29, 0.717) is 38.1 Å². The molecule has 31 heavy (non-hydrogen) atoms. The van der Waals surface area contributed by atoms with E-state index in [0.717, 1.165) is 15.6 Å². The first kappa shape index (κ1) is 20.0. The fourth-order valence-electron chi connectivity index (χ4n) is 3.46. The summed E-state index contributed by atoms with van der Waals surface area (Å²) in [6, 6.07) is 18.1. The lowest BCUT2D eigenvalue weighted by atomic mass is 10.0. The zero-order chi connectivity index (χ0) is 21.5. The molecule has 3 aromatic carbocycles. The van der Waals surface area contributed by atoms with Gasteiger partial charge < -0.3 is 4.42 Å². The van der Waals surface area contributed by atoms with Crippen molar-refractivity contribution >= 4 is 49.9 Å². The predicted molar refractivity (Wildman–Crippen MR) is 126 cm³/mol. The molecule has 8 heteroatoms. The van der Waals surface area contributed by atoms with Gasteiger partial charge in [0.05, 0.1) is 27.3 Å². The number of halogens is 3. The van der Waals surface area contributed by atoms with Crippen LogP contribution in [0.25, 0.3) is 39.2 Å². The summed E-state index contributed by atoms with van der Waals surface area (Å²) in [5, 5.41) is 6.57. The average Bonchev–Trinajstić information content (AvgIpc) is 3.30. The molecule has 5 nitrogen and oxygen atoms in total. The molecule has 152 valence electrons. The third-order valence-corrected chi connectivity index (χ3v) is 5.87. The topological polar surface area (TPSA) is 60.9 Å². The van der Waals surface area contributed by atoms with E-state index in [-0.39, 0.29) is 5.56 Å². The Bertz CT molecular complexity index is 1480. The van der Waals surface area contributed by atoms with Gasteiger partial charge in [-0.05, 0) is 36.4 Å². The van der Waals surface area contributed by atoms with Crippen molar-refractivity contribution in [3.8, 4) is 28.4 Å². The van der Waals surface area contributed by atoms with Crippen molar-refractivity contribution in [1.29, 1.82) is 0 Å². The van der Waals surface area contributed by atoms with Gasteiger partial charge in [-0.15, -0.1) is 0 Å². The molecule has 2 aromatic heterocycles. The molecule has 0 unspecified atom stereocenters. The molecular weight excluding hydrogens is 501 g/mol. The Morgan fingerprint density at radius 1 is 0.903 bits per heavy atom. The fraction of sp³-hybridized carbons (Fsp3) is 0. The van der Waals surface area contributed by atoms with Crippen LogP contribution in [-0.4, -0.2) is 14.8 Å². The lowest BCUT2D eigenvalue weighted by molar-refractivity contribution is 0.574. The zero-order valence-corrected chi connectivity index (χ0v) is 18.8. The Hall–Kier alpha value is -2.93. The van der Waals surface area contributed by atoms with E-state index >= 15 is 0 Å². The highest BCUT2D eigenvalue weighted by Gasteiger charge is 2.18. The fourth-order valence-corrected chi connectivity index (χ4v) is 4.51. The number of oxazole rings is 1. The maximum atomic E-state index is 13.3. The van der Waals surface area contributed by atoms with Crippen LogP contribution in [0.1, 0.15) is 0 Å². The molecule has 0 N–H and O–H groups in total. The van der Waals surface area contributed by atoms with Crippen LogP contribution in [-0.2, 0) is 0 Å². The van der Waals surface area contributed by atoms with E-state index in [9.17, 15) is 4.79 Å². The molecule has 0 atom stereocenters. The lowest BCUT2D eigenvalue weighted by Crippen LogP contribution is -2.22. The van der Waals surface area contributed by atoms with Crippen LogP contribution < -0.4 is 5.56 Å². The molecule has 0 saturated heterocycles. The Kier molecular flexibility index (Phi) is 5.14. The molecule has 0 radical (unpaired) electrons. The first-order chi connectivity index (χ1) is 15.0. The van der Waals surface area contributed by atoms with Gasteiger partial charge in [0, 0.05) is 21.0 Å². The van der Waals surface area contributed by atoms with Gasteiger partial charge in [-0.3, -0.25) is 4.79 Å². The van der Waals surface area contributed by atoms with Crippen LogP contribution in [0.3, 0.4) is 0 Å². The van der Waals surface area contributed by atoms with Crippen LogP contribution in [0.2, 0.25) is 10.0 Å². The summed E-state index contributed by atoms with van der Waals surface area (Å²) in [6.07, 6.45) is 3.10. The zero-order valence-electron chi connectivity index (χ0n) is 15.7. The van der Waals surface area contributed by atoms with E-state index < -0.39 is 0 Å². The van der Waals surface area contributed by atoms with E-state index in [4.69, 9.17) is 27.6 Å². The summed E-state index contributed by atoms with van der Waals surface area (Å²) in [5.41, 5.74) is 2.17. The Labute approximate surface area is 195 Å². The molecule has 2 heterocycles. The molecule has 5 aromatic rings. The van der Waals surface area contributed by atoms with Gasteiger partial charge in [0.1, 0.15) is 12.0 Å². The quantitative estimate of drug-likeness (QED) is 0.267. The Balaban J connectivity index is 1.85. The number of fused-ring (bicyclic) bond motifs is 1. The van der Waals surface area contributed by atoms with Crippen LogP contribution in [0.4, 0.5) is 0 Å². The second-order valence-corrected chi connectivity index (χ2v) is 8.48. The smallest absolute Gasteiger partial charge is 0.279 e. The van der Waals surface area contributed by atoms with Gasteiger partial charge in [-0.2, -0.15) is 9.78 Å². The van der Waals surface area contributed by atoms with E-state index in [2.05, 4.69) is 26.0 Å². The van der Waals surface area contributed by atoms with Gasteiger partial charge >= 0.3 is 0 Å². The minimum atomic E-state index is -0.308. The molecule has 0 aliphatic heterocycles. The minimum Gasteiger partial charge on any atom is -0.445 e. The number of benzene rings is 3. The summed E-state index contributed by atoms with van der Waals surface area (Å²) < 4.78 is 7.53. The largest absolute Gasteiger partial charge is 0.445 e. The first-order valence-electron chi connectivity index (χ1n) is 9.20. The van der Waals surface area contributed by atoms with E-state index in [1.54, 1.807) is 30.5 Å². The third kappa shape index (κ3) is 3.57. The lowest BCUT2D eigenvalue weighted by Gasteiger charge is -2.14. The van der Waals surface area contributed by atoms with E-state index in [1.807, 2.05) is 36.4 Å². The number of rotatable bonds is 3. The summed E-state index contributed by atoms with van der Waals surface area (Å²) >= 11 is 16.3. The highest BCUT2D eigenvalue weighted by Crippen LogP contribution is 2.33. The number of para-hydroxylation sites is 1. The van der Waals surface area contributed by atoms with Crippen molar-refractivity contribution in [3.63, 3.8) is 0 Å². The summed E-state index contributed by atoms with van der Waals surface area (Å²) in [5.74, 6) is 0.481. The highest BCUT2D eigenvalue weighted by atomic mass is 79.9. The summed E-state index contributed by atoms with van der Waals surface area (Å²) in [4.78, 5) is 17.5. The van der Waals surface area contributed by atoms with Crippen LogP contribution in [0.5, 0.6) is 0 Å². The van der Waals surface area contributed by atoms with Gasteiger partial charge in [-0.1, -0.05) is 63.4 Å². The number of aromatic nitrogens is 3. The third-order valence-electron chi connectivity index (χ3n) is 4.80. The van der Waals surface area contributed by atoms with Crippen molar-refractivity contribution in [1.82, 2.24) is 14.8 Å². The van der Waals surface area contributed by atoms with Gasteiger partial charge in [0.25, 0.3) is 5.56 Å². The van der Waals surface area contributed by atoms with Crippen LogP contribution in [0, 0.1) is 0 Å². The van der Waals surface area contributed by atoms with Gasteiger partial charge in [0.15, 0.2) is 0 Å². The summed E-state index contributed by atoms with van der Waals surface area (Å²) in [7, 11) is 0. The van der Waals surface area contributed by atoms with Crippen molar-refractivity contribution < 1.29 is 4.42 Å². The molecule has 5 rings (SSSR count). The molecule has 0 fully saturated rings. The van der Waals surface area contributed by atoms with Crippen LogP contribution in [0.15, 0.2) is 86.8 Å². The Morgan fingerprint density at radius 2 is 1.61 bits per heavy atom. The average molecular weight is 513 g/mol. The Morgan fingerprint density at radius 3 is 2.32 bits per heavy atom. The molecule has 0 aliphatic rings. The van der Waals surface area contributed by atoms with Gasteiger partial charge in [-0.25, -0.2) is 4.98 Å². The predicted octanol–water partition coefficient (Wildman–Crippen LogP) is 6.78. The first-order valence-corrected chi connectivity index (χ1v) is 10.7. The molecule has 0 bridgehead atoms. The van der Waals surface area contributed by atoms with Crippen molar-refractivity contribution in [2.24, 2.45) is 0 Å². The van der Waals surface area contributed by atoms with Crippen molar-refractivity contribution in [2.45, 2.75) is 0 Å². The maximum absolute atomic E-state index is 13.3. The van der Waals surface area contributed by atoms with Crippen molar-refractivity contribution in [3.05, 3.63) is 98.0 Å². The maximum Gasteiger partial charge on any atom is 0.279 e. The second kappa shape index (κ2) is 7.96. The monoisotopic (exact) mass is 511 g/mol. The normalized spacial score (nSPS) is 11.2. The molecular formula is C23H12BrCl2N3O2. The second-order valence-electron chi connectivity index (χ2n) is 6.75. The van der Waals surface area contributed by atoms with E-state index in [1.165, 1.54) is 10.9 Å². The molecule has 0 spiro atoms. The molecule has 0 saturated carbocycles. The number of hydrogen-bond acceptors (Lipinski definition) is 4. The van der Waals surface area contributed by atoms with Crippen LogP contribution >= 0.6 is 39.1 Å².